The molecule has 2 rings (SSSR count). The summed E-state index contributed by atoms with van der Waals surface area (Å²) in [6.45, 7) is 0.552. The first-order valence-electron chi connectivity index (χ1n) is 6.22. The lowest BCUT2D eigenvalue weighted by Crippen LogP contribution is -2.15. The summed E-state index contributed by atoms with van der Waals surface area (Å²) < 4.78 is 15.9. The minimum absolute atomic E-state index is 0.200. The largest absolute Gasteiger partial charge is 0.493 e. The second-order valence-corrected chi connectivity index (χ2v) is 4.33. The summed E-state index contributed by atoms with van der Waals surface area (Å²) >= 11 is 0. The molecule has 0 saturated heterocycles. The highest BCUT2D eigenvalue weighted by Gasteiger charge is 2.15. The molecule has 0 aliphatic rings. The molecule has 19 heavy (non-hydrogen) atoms. The molecule has 0 bridgehead atoms. The smallest absolute Gasteiger partial charge is 0.160 e. The molecule has 1 unspecified atom stereocenters. The van der Waals surface area contributed by atoms with Crippen molar-refractivity contribution in [3.8, 4) is 11.5 Å². The van der Waals surface area contributed by atoms with Gasteiger partial charge in [0.1, 0.15) is 5.76 Å². The van der Waals surface area contributed by atoms with Crippen molar-refractivity contribution >= 4 is 0 Å². The molecule has 0 radical (unpaired) electrons. The van der Waals surface area contributed by atoms with Gasteiger partial charge in [-0.2, -0.15) is 0 Å². The molecule has 0 fully saturated rings. The van der Waals surface area contributed by atoms with E-state index in [9.17, 15) is 0 Å². The molecular formula is C15H19NO3. The number of methoxy groups -OCH3 is 2. The Kier molecular flexibility index (Phi) is 4.47. The average molecular weight is 261 g/mol. The van der Waals surface area contributed by atoms with Gasteiger partial charge in [0.15, 0.2) is 11.5 Å². The summed E-state index contributed by atoms with van der Waals surface area (Å²) in [5.41, 5.74) is 6.99. The Balaban J connectivity index is 2.23. The molecule has 1 heterocycles. The van der Waals surface area contributed by atoms with Gasteiger partial charge in [0.25, 0.3) is 0 Å². The summed E-state index contributed by atoms with van der Waals surface area (Å²) in [5.74, 6) is 2.58. The fourth-order valence-electron chi connectivity index (χ4n) is 2.12. The van der Waals surface area contributed by atoms with E-state index in [0.717, 1.165) is 29.2 Å². The van der Waals surface area contributed by atoms with Gasteiger partial charge in [-0.25, -0.2) is 0 Å². The zero-order chi connectivity index (χ0) is 13.7. The van der Waals surface area contributed by atoms with E-state index in [1.54, 1.807) is 20.5 Å². The van der Waals surface area contributed by atoms with Gasteiger partial charge in [-0.1, -0.05) is 6.07 Å². The molecule has 0 spiro atoms. The van der Waals surface area contributed by atoms with Gasteiger partial charge in [-0.3, -0.25) is 0 Å². The maximum Gasteiger partial charge on any atom is 0.160 e. The summed E-state index contributed by atoms with van der Waals surface area (Å²) in [4.78, 5) is 0. The summed E-state index contributed by atoms with van der Waals surface area (Å²) in [6, 6.07) is 9.74. The Morgan fingerprint density at radius 2 is 1.95 bits per heavy atom. The number of hydrogen-bond acceptors (Lipinski definition) is 4. The van der Waals surface area contributed by atoms with Crippen molar-refractivity contribution in [2.24, 2.45) is 5.73 Å². The predicted octanol–water partition coefficient (Wildman–Crippen LogP) is 2.58. The maximum absolute atomic E-state index is 5.87. The monoisotopic (exact) mass is 261 g/mol. The summed E-state index contributed by atoms with van der Waals surface area (Å²) in [5, 5.41) is 0. The zero-order valence-electron chi connectivity index (χ0n) is 11.3. The molecule has 1 aromatic carbocycles. The van der Waals surface area contributed by atoms with Gasteiger partial charge in [0.2, 0.25) is 0 Å². The normalized spacial score (nSPS) is 12.2. The predicted molar refractivity (Wildman–Crippen MR) is 73.8 cm³/mol. The molecule has 1 atom stereocenters. The van der Waals surface area contributed by atoms with Crippen LogP contribution in [-0.2, 0) is 6.42 Å². The van der Waals surface area contributed by atoms with Gasteiger partial charge in [0.05, 0.1) is 20.5 Å². The molecule has 0 aliphatic carbocycles. The van der Waals surface area contributed by atoms with Crippen molar-refractivity contribution in [1.82, 2.24) is 0 Å². The van der Waals surface area contributed by atoms with E-state index in [1.165, 1.54) is 0 Å². The van der Waals surface area contributed by atoms with Gasteiger partial charge >= 0.3 is 0 Å². The van der Waals surface area contributed by atoms with E-state index in [4.69, 9.17) is 19.6 Å². The van der Waals surface area contributed by atoms with E-state index in [1.807, 2.05) is 30.3 Å². The minimum atomic E-state index is 0.200. The summed E-state index contributed by atoms with van der Waals surface area (Å²) in [7, 11) is 3.26. The zero-order valence-corrected chi connectivity index (χ0v) is 11.3. The SMILES string of the molecule is COc1ccc(C(CN)Cc2ccco2)cc1OC. The molecule has 0 aliphatic heterocycles. The van der Waals surface area contributed by atoms with Crippen LogP contribution in [0.4, 0.5) is 0 Å². The third kappa shape index (κ3) is 3.09. The lowest BCUT2D eigenvalue weighted by molar-refractivity contribution is 0.354. The second kappa shape index (κ2) is 6.29. The molecule has 1 aromatic heterocycles. The van der Waals surface area contributed by atoms with Crippen LogP contribution in [0.5, 0.6) is 11.5 Å². The highest BCUT2D eigenvalue weighted by atomic mass is 16.5. The van der Waals surface area contributed by atoms with Crippen LogP contribution in [-0.4, -0.2) is 20.8 Å². The lowest BCUT2D eigenvalue weighted by Gasteiger charge is -2.16. The number of rotatable bonds is 6. The quantitative estimate of drug-likeness (QED) is 0.868. The molecule has 102 valence electrons. The van der Waals surface area contributed by atoms with Crippen molar-refractivity contribution in [1.29, 1.82) is 0 Å². The van der Waals surface area contributed by atoms with Crippen LogP contribution < -0.4 is 15.2 Å². The fraction of sp³-hybridized carbons (Fsp3) is 0.333. The first-order chi connectivity index (χ1) is 9.28. The Morgan fingerprint density at radius 1 is 1.16 bits per heavy atom. The number of hydrogen-bond donors (Lipinski definition) is 1. The van der Waals surface area contributed by atoms with Crippen LogP contribution in [0.25, 0.3) is 0 Å². The van der Waals surface area contributed by atoms with Crippen LogP contribution in [0.3, 0.4) is 0 Å². The van der Waals surface area contributed by atoms with Crippen LogP contribution in [0, 0.1) is 0 Å². The third-order valence-electron chi connectivity index (χ3n) is 3.19. The maximum atomic E-state index is 5.87. The molecular weight excluding hydrogens is 242 g/mol. The van der Waals surface area contributed by atoms with Gasteiger partial charge in [0, 0.05) is 12.3 Å². The molecule has 2 aromatic rings. The number of ether oxygens (including phenoxy) is 2. The number of benzene rings is 1. The topological polar surface area (TPSA) is 57.6 Å². The molecule has 0 saturated carbocycles. The van der Waals surface area contributed by atoms with E-state index >= 15 is 0 Å². The Morgan fingerprint density at radius 3 is 2.53 bits per heavy atom. The van der Waals surface area contributed by atoms with Crippen molar-refractivity contribution in [2.75, 3.05) is 20.8 Å². The van der Waals surface area contributed by atoms with Crippen LogP contribution in [0.1, 0.15) is 17.2 Å². The van der Waals surface area contributed by atoms with Crippen molar-refractivity contribution in [3.63, 3.8) is 0 Å². The number of furan rings is 1. The van der Waals surface area contributed by atoms with E-state index in [2.05, 4.69) is 0 Å². The standard InChI is InChI=1S/C15H19NO3/c1-17-14-6-5-11(9-15(14)18-2)12(10-16)8-13-4-3-7-19-13/h3-7,9,12H,8,10,16H2,1-2H3. The fourth-order valence-corrected chi connectivity index (χ4v) is 2.12. The van der Waals surface area contributed by atoms with Crippen molar-refractivity contribution in [3.05, 3.63) is 47.9 Å². The Labute approximate surface area is 113 Å². The van der Waals surface area contributed by atoms with E-state index < -0.39 is 0 Å². The molecule has 4 nitrogen and oxygen atoms in total. The third-order valence-corrected chi connectivity index (χ3v) is 3.19. The van der Waals surface area contributed by atoms with Crippen LogP contribution >= 0.6 is 0 Å². The highest BCUT2D eigenvalue weighted by molar-refractivity contribution is 5.44. The van der Waals surface area contributed by atoms with Crippen molar-refractivity contribution in [2.45, 2.75) is 12.3 Å². The average Bonchev–Trinajstić information content (AvgIpc) is 2.97. The first-order valence-corrected chi connectivity index (χ1v) is 6.22. The highest BCUT2D eigenvalue weighted by Crippen LogP contribution is 2.31. The minimum Gasteiger partial charge on any atom is -0.493 e. The van der Waals surface area contributed by atoms with Crippen LogP contribution in [0.2, 0.25) is 0 Å². The molecule has 4 heteroatoms. The van der Waals surface area contributed by atoms with Gasteiger partial charge in [-0.15, -0.1) is 0 Å². The van der Waals surface area contributed by atoms with E-state index in [0.29, 0.717) is 6.54 Å². The van der Waals surface area contributed by atoms with Crippen molar-refractivity contribution < 1.29 is 13.9 Å². The van der Waals surface area contributed by atoms with Gasteiger partial charge in [-0.05, 0) is 36.4 Å². The van der Waals surface area contributed by atoms with E-state index in [-0.39, 0.29) is 5.92 Å². The Bertz CT molecular complexity index is 508. The Hall–Kier alpha value is -1.94. The lowest BCUT2D eigenvalue weighted by atomic mass is 9.94. The first kappa shape index (κ1) is 13.5. The number of nitrogens with two attached hydrogens (primary N) is 1. The van der Waals surface area contributed by atoms with Crippen LogP contribution in [0.15, 0.2) is 41.0 Å². The second-order valence-electron chi connectivity index (χ2n) is 4.33. The summed E-state index contributed by atoms with van der Waals surface area (Å²) in [6.07, 6.45) is 2.45. The van der Waals surface area contributed by atoms with Gasteiger partial charge < -0.3 is 19.6 Å². The molecule has 0 amide bonds. The molecule has 2 N–H and O–H groups in total.